The molecule has 4 heteroatoms. The molecule has 0 unspecified atom stereocenters. The van der Waals surface area contributed by atoms with Crippen LogP contribution in [0, 0.1) is 0 Å². The summed E-state index contributed by atoms with van der Waals surface area (Å²) < 4.78 is 5.61. The zero-order valence-corrected chi connectivity index (χ0v) is 13.8. The van der Waals surface area contributed by atoms with Crippen LogP contribution in [0.1, 0.15) is 27.2 Å². The van der Waals surface area contributed by atoms with Gasteiger partial charge in [0.2, 0.25) is 11.5 Å². The van der Waals surface area contributed by atoms with E-state index < -0.39 is 5.78 Å². The second-order valence-electron chi connectivity index (χ2n) is 6.12. The van der Waals surface area contributed by atoms with E-state index in [-0.39, 0.29) is 22.8 Å². The number of aromatic hydroxyl groups is 2. The molecular weight excluding hydrogens is 328 g/mol. The number of hydrogen-bond donors (Lipinski definition) is 2. The summed E-state index contributed by atoms with van der Waals surface area (Å²) in [6.45, 7) is 0. The first kappa shape index (κ1) is 16.0. The summed E-state index contributed by atoms with van der Waals surface area (Å²) in [6, 6.07) is 21.3. The van der Waals surface area contributed by atoms with Gasteiger partial charge in [0.15, 0.2) is 5.75 Å². The van der Waals surface area contributed by atoms with Crippen molar-refractivity contribution in [1.29, 1.82) is 0 Å². The molecule has 0 saturated carbocycles. The van der Waals surface area contributed by atoms with Gasteiger partial charge in [-0.15, -0.1) is 0 Å². The van der Waals surface area contributed by atoms with E-state index in [1.54, 1.807) is 30.3 Å². The molecule has 0 fully saturated rings. The van der Waals surface area contributed by atoms with Gasteiger partial charge in [-0.25, -0.2) is 0 Å². The van der Waals surface area contributed by atoms with Gasteiger partial charge in [-0.2, -0.15) is 0 Å². The van der Waals surface area contributed by atoms with Crippen LogP contribution < -0.4 is 0 Å². The summed E-state index contributed by atoms with van der Waals surface area (Å²) in [7, 11) is 0. The Morgan fingerprint density at radius 1 is 0.885 bits per heavy atom. The summed E-state index contributed by atoms with van der Waals surface area (Å²) in [5.41, 5.74) is 2.43. The third-order valence-electron chi connectivity index (χ3n) is 4.31. The molecule has 0 aliphatic carbocycles. The van der Waals surface area contributed by atoms with Crippen molar-refractivity contribution in [3.8, 4) is 11.5 Å². The number of benzene rings is 3. The van der Waals surface area contributed by atoms with E-state index in [1.165, 1.54) is 6.07 Å². The first-order chi connectivity index (χ1) is 12.6. The molecule has 4 rings (SSSR count). The summed E-state index contributed by atoms with van der Waals surface area (Å²) in [5.74, 6) is -0.689. The molecule has 0 aliphatic heterocycles. The minimum atomic E-state index is -0.399. The van der Waals surface area contributed by atoms with E-state index >= 15 is 0 Å². The lowest BCUT2D eigenvalue weighted by atomic mass is 10.00. The standard InChI is InChI=1S/C22H16O4/c23-17-12-16(11-14-7-3-1-4-8-14)19-18(13-17)26-22(21(19)25)20(24)15-9-5-2-6-10-15/h1-10,12-13,23,25H,11H2. The summed E-state index contributed by atoms with van der Waals surface area (Å²) in [5, 5.41) is 21.1. The van der Waals surface area contributed by atoms with Crippen LogP contribution in [0.4, 0.5) is 0 Å². The van der Waals surface area contributed by atoms with Gasteiger partial charge in [-0.3, -0.25) is 4.79 Å². The topological polar surface area (TPSA) is 70.7 Å². The Balaban J connectivity index is 1.84. The highest BCUT2D eigenvalue weighted by Gasteiger charge is 2.24. The maximum absolute atomic E-state index is 12.7. The highest BCUT2D eigenvalue weighted by molar-refractivity contribution is 6.12. The van der Waals surface area contributed by atoms with Crippen molar-refractivity contribution in [2.75, 3.05) is 0 Å². The minimum absolute atomic E-state index is 0.0240. The number of rotatable bonds is 4. The average molecular weight is 344 g/mol. The lowest BCUT2D eigenvalue weighted by molar-refractivity contribution is 0.101. The SMILES string of the molecule is O=C(c1ccccc1)c1oc2cc(O)cc(Cc3ccccc3)c2c1O. The highest BCUT2D eigenvalue weighted by Crippen LogP contribution is 2.38. The molecular formula is C22H16O4. The second-order valence-corrected chi connectivity index (χ2v) is 6.12. The summed E-state index contributed by atoms with van der Waals surface area (Å²) in [4.78, 5) is 12.7. The van der Waals surface area contributed by atoms with Crippen molar-refractivity contribution >= 4 is 16.8 Å². The fraction of sp³-hybridized carbons (Fsp3) is 0.0455. The predicted octanol–water partition coefficient (Wildman–Crippen LogP) is 4.67. The molecule has 3 aromatic carbocycles. The Morgan fingerprint density at radius 3 is 2.23 bits per heavy atom. The number of furan rings is 1. The number of ketones is 1. The Morgan fingerprint density at radius 2 is 1.54 bits per heavy atom. The Labute approximate surface area is 150 Å². The van der Waals surface area contributed by atoms with E-state index in [4.69, 9.17) is 4.42 Å². The third kappa shape index (κ3) is 2.82. The lowest BCUT2D eigenvalue weighted by Crippen LogP contribution is -1.99. The van der Waals surface area contributed by atoms with Crippen LogP contribution in [0.15, 0.2) is 77.2 Å². The van der Waals surface area contributed by atoms with Gasteiger partial charge < -0.3 is 14.6 Å². The Kier molecular flexibility index (Phi) is 3.93. The Hall–Kier alpha value is -3.53. The molecule has 0 bridgehead atoms. The number of hydrogen-bond acceptors (Lipinski definition) is 4. The lowest BCUT2D eigenvalue weighted by Gasteiger charge is -2.05. The first-order valence-corrected chi connectivity index (χ1v) is 8.24. The molecule has 0 amide bonds. The van der Waals surface area contributed by atoms with Gasteiger partial charge >= 0.3 is 0 Å². The zero-order valence-electron chi connectivity index (χ0n) is 13.8. The summed E-state index contributed by atoms with van der Waals surface area (Å²) in [6.07, 6.45) is 0.498. The summed E-state index contributed by atoms with van der Waals surface area (Å²) >= 11 is 0. The maximum Gasteiger partial charge on any atom is 0.232 e. The Bertz CT molecular complexity index is 1080. The molecule has 0 radical (unpaired) electrons. The average Bonchev–Trinajstić information content (AvgIpc) is 2.99. The van der Waals surface area contributed by atoms with E-state index in [0.29, 0.717) is 22.9 Å². The fourth-order valence-corrected chi connectivity index (χ4v) is 3.11. The smallest absolute Gasteiger partial charge is 0.232 e. The van der Waals surface area contributed by atoms with Crippen LogP contribution >= 0.6 is 0 Å². The van der Waals surface area contributed by atoms with Crippen LogP contribution in [0.25, 0.3) is 11.0 Å². The molecule has 128 valence electrons. The number of fused-ring (bicyclic) bond motifs is 1. The number of phenols is 1. The molecule has 0 saturated heterocycles. The van der Waals surface area contributed by atoms with Crippen LogP contribution in [0.3, 0.4) is 0 Å². The van der Waals surface area contributed by atoms with Crippen LogP contribution in [-0.2, 0) is 6.42 Å². The molecule has 0 atom stereocenters. The van der Waals surface area contributed by atoms with Gasteiger partial charge in [0.1, 0.15) is 11.3 Å². The van der Waals surface area contributed by atoms with Crippen molar-refractivity contribution in [3.05, 3.63) is 95.2 Å². The molecule has 4 nitrogen and oxygen atoms in total. The molecule has 1 aromatic heterocycles. The largest absolute Gasteiger partial charge is 0.508 e. The van der Waals surface area contributed by atoms with E-state index in [2.05, 4.69) is 0 Å². The molecule has 1 heterocycles. The van der Waals surface area contributed by atoms with Gasteiger partial charge in [0, 0.05) is 11.6 Å². The molecule has 2 N–H and O–H groups in total. The number of phenolic OH excluding ortho intramolecular Hbond substituents is 1. The molecule has 0 spiro atoms. The predicted molar refractivity (Wildman–Crippen MR) is 98.7 cm³/mol. The van der Waals surface area contributed by atoms with Crippen molar-refractivity contribution < 1.29 is 19.4 Å². The quantitative estimate of drug-likeness (QED) is 0.528. The fourth-order valence-electron chi connectivity index (χ4n) is 3.11. The normalized spacial score (nSPS) is 10.9. The van der Waals surface area contributed by atoms with Gasteiger partial charge in [0.25, 0.3) is 0 Å². The molecule has 26 heavy (non-hydrogen) atoms. The molecule has 0 aliphatic rings. The van der Waals surface area contributed by atoms with Crippen LogP contribution in [0.5, 0.6) is 11.5 Å². The van der Waals surface area contributed by atoms with Crippen molar-refractivity contribution in [2.45, 2.75) is 6.42 Å². The number of carbonyl (C=O) groups excluding carboxylic acids is 1. The van der Waals surface area contributed by atoms with Gasteiger partial charge in [-0.05, 0) is 23.6 Å². The number of carbonyl (C=O) groups is 1. The minimum Gasteiger partial charge on any atom is -0.508 e. The highest BCUT2D eigenvalue weighted by atomic mass is 16.4. The van der Waals surface area contributed by atoms with Gasteiger partial charge in [-0.1, -0.05) is 60.7 Å². The van der Waals surface area contributed by atoms with Gasteiger partial charge in [0.05, 0.1) is 5.39 Å². The van der Waals surface area contributed by atoms with E-state index in [1.807, 2.05) is 36.4 Å². The maximum atomic E-state index is 12.7. The zero-order chi connectivity index (χ0) is 18.1. The second kappa shape index (κ2) is 6.41. The molecule has 4 aromatic rings. The third-order valence-corrected chi connectivity index (χ3v) is 4.31. The van der Waals surface area contributed by atoms with Crippen LogP contribution in [0.2, 0.25) is 0 Å². The van der Waals surface area contributed by atoms with Crippen molar-refractivity contribution in [2.24, 2.45) is 0 Å². The van der Waals surface area contributed by atoms with Crippen molar-refractivity contribution in [3.63, 3.8) is 0 Å². The van der Waals surface area contributed by atoms with E-state index in [0.717, 1.165) is 5.56 Å². The monoisotopic (exact) mass is 344 g/mol. The van der Waals surface area contributed by atoms with E-state index in [9.17, 15) is 15.0 Å². The van der Waals surface area contributed by atoms with Crippen molar-refractivity contribution in [1.82, 2.24) is 0 Å². The van der Waals surface area contributed by atoms with Crippen LogP contribution in [-0.4, -0.2) is 16.0 Å². The first-order valence-electron chi connectivity index (χ1n) is 8.24.